The number of thiocarbonyl (C=S) groups is 1. The van der Waals surface area contributed by atoms with Gasteiger partial charge >= 0.3 is 0 Å². The Hall–Kier alpha value is -4.56. The summed E-state index contributed by atoms with van der Waals surface area (Å²) in [5.41, 5.74) is 2.32. The van der Waals surface area contributed by atoms with Crippen molar-refractivity contribution < 1.29 is 23.0 Å². The number of rotatable bonds is 10. The molecule has 1 amide bonds. The molecule has 0 radical (unpaired) electrons. The van der Waals surface area contributed by atoms with Gasteiger partial charge in [-0.3, -0.25) is 4.79 Å². The maximum Gasteiger partial charge on any atom is 0.247 e. The summed E-state index contributed by atoms with van der Waals surface area (Å²) in [6.45, 7) is 12.7. The zero-order chi connectivity index (χ0) is 32.2. The number of amides is 1. The minimum absolute atomic E-state index is 0.00966. The summed E-state index contributed by atoms with van der Waals surface area (Å²) in [6, 6.07) is 6.93. The number of nitrogens with zero attached hydrogens (tertiary/aromatic N) is 6. The number of hydrogen-bond donors (Lipinski definition) is 2. The molecule has 0 saturated carbocycles. The number of ether oxygens (including phenoxy) is 2. The normalized spacial score (nSPS) is 15.1. The highest BCUT2D eigenvalue weighted by Gasteiger charge is 2.35. The molecule has 0 aliphatic carbocycles. The number of piperazine rings is 1. The Morgan fingerprint density at radius 2 is 1.73 bits per heavy atom. The standard InChI is InChI=1S/C31H36F2N8O3S/c1-6-25(42)35-22-15-20(39-13-11-38(7-2)12-14-39)9-10-21(22)36-30-34-17-19-18-41(31(45)40(8-3)29(19)37-30)28-26(32)23(43-4)16-24(44-5)27(28)33/h6,9-10,15-17H,1,7-8,11-14,18H2,2-5H3,(H,35,42)(H,34,36,37). The number of anilines is 6. The van der Waals surface area contributed by atoms with Crippen molar-refractivity contribution in [2.24, 2.45) is 0 Å². The van der Waals surface area contributed by atoms with Crippen LogP contribution < -0.4 is 34.8 Å². The number of hydrogen-bond acceptors (Lipinski definition) is 9. The van der Waals surface area contributed by atoms with Crippen LogP contribution in [-0.4, -0.2) is 79.4 Å². The van der Waals surface area contributed by atoms with Crippen LogP contribution in [0.5, 0.6) is 11.5 Å². The van der Waals surface area contributed by atoms with Gasteiger partial charge in [0.2, 0.25) is 11.9 Å². The zero-order valence-electron chi connectivity index (χ0n) is 25.7. The van der Waals surface area contributed by atoms with Gasteiger partial charge < -0.3 is 39.7 Å². The molecule has 3 heterocycles. The summed E-state index contributed by atoms with van der Waals surface area (Å²) in [5.74, 6) is -1.76. The summed E-state index contributed by atoms with van der Waals surface area (Å²) in [7, 11) is 2.58. The lowest BCUT2D eigenvalue weighted by Gasteiger charge is -2.38. The molecule has 238 valence electrons. The van der Waals surface area contributed by atoms with E-state index < -0.39 is 11.6 Å². The van der Waals surface area contributed by atoms with Crippen LogP contribution in [0.15, 0.2) is 43.1 Å². The Kier molecular flexibility index (Phi) is 9.63. The van der Waals surface area contributed by atoms with Crippen molar-refractivity contribution >= 4 is 57.8 Å². The third-order valence-electron chi connectivity index (χ3n) is 7.90. The predicted octanol–water partition coefficient (Wildman–Crippen LogP) is 4.91. The number of carbonyl (C=O) groups excluding carboxylic acids is 1. The van der Waals surface area contributed by atoms with Crippen LogP contribution in [0, 0.1) is 11.6 Å². The molecule has 2 aliphatic heterocycles. The van der Waals surface area contributed by atoms with Gasteiger partial charge in [-0.15, -0.1) is 0 Å². The zero-order valence-corrected chi connectivity index (χ0v) is 26.5. The first kappa shape index (κ1) is 31.9. The second kappa shape index (κ2) is 13.6. The fraction of sp³-hybridized carbons (Fsp3) is 0.355. The summed E-state index contributed by atoms with van der Waals surface area (Å²) in [4.78, 5) is 29.2. The van der Waals surface area contributed by atoms with E-state index in [1.54, 1.807) is 11.1 Å². The molecule has 0 atom stereocenters. The second-order valence-corrected chi connectivity index (χ2v) is 10.7. The maximum absolute atomic E-state index is 15.4. The molecule has 11 nitrogen and oxygen atoms in total. The van der Waals surface area contributed by atoms with E-state index in [1.807, 2.05) is 25.1 Å². The van der Waals surface area contributed by atoms with Gasteiger partial charge in [0, 0.05) is 56.2 Å². The molecule has 0 bridgehead atoms. The Bertz CT molecular complexity index is 1590. The van der Waals surface area contributed by atoms with Crippen LogP contribution >= 0.6 is 12.2 Å². The number of benzene rings is 2. The smallest absolute Gasteiger partial charge is 0.247 e. The quantitative estimate of drug-likeness (QED) is 0.234. The third kappa shape index (κ3) is 6.33. The Morgan fingerprint density at radius 1 is 1.04 bits per heavy atom. The van der Waals surface area contributed by atoms with E-state index in [1.165, 1.54) is 25.2 Å². The molecule has 0 unspecified atom stereocenters. The van der Waals surface area contributed by atoms with Gasteiger partial charge in [0.25, 0.3) is 0 Å². The van der Waals surface area contributed by atoms with Crippen molar-refractivity contribution in [2.75, 3.05) is 78.8 Å². The molecule has 1 aromatic heterocycles. The van der Waals surface area contributed by atoms with Crippen molar-refractivity contribution in [1.29, 1.82) is 0 Å². The van der Waals surface area contributed by atoms with E-state index in [9.17, 15) is 4.79 Å². The fourth-order valence-corrected chi connectivity index (χ4v) is 5.79. The summed E-state index contributed by atoms with van der Waals surface area (Å²) in [6.07, 6.45) is 2.79. The lowest BCUT2D eigenvalue weighted by molar-refractivity contribution is -0.111. The van der Waals surface area contributed by atoms with Gasteiger partial charge in [0.1, 0.15) is 11.5 Å². The van der Waals surface area contributed by atoms with Crippen LogP contribution in [-0.2, 0) is 11.3 Å². The fourth-order valence-electron chi connectivity index (χ4n) is 5.41. The average Bonchev–Trinajstić information content (AvgIpc) is 3.06. The van der Waals surface area contributed by atoms with E-state index in [2.05, 4.69) is 38.9 Å². The molecule has 3 aromatic rings. The summed E-state index contributed by atoms with van der Waals surface area (Å²) >= 11 is 5.72. The first-order valence-corrected chi connectivity index (χ1v) is 15.0. The lowest BCUT2D eigenvalue weighted by Crippen LogP contribution is -2.48. The summed E-state index contributed by atoms with van der Waals surface area (Å²) in [5, 5.41) is 6.24. The van der Waals surface area contributed by atoms with Gasteiger partial charge in [-0.05, 0) is 50.0 Å². The number of carbonyl (C=O) groups is 1. The Labute approximate surface area is 266 Å². The van der Waals surface area contributed by atoms with Crippen LogP contribution in [0.1, 0.15) is 19.4 Å². The van der Waals surface area contributed by atoms with Crippen molar-refractivity contribution in [3.63, 3.8) is 0 Å². The molecule has 2 aromatic carbocycles. The van der Waals surface area contributed by atoms with E-state index in [0.717, 1.165) is 44.5 Å². The van der Waals surface area contributed by atoms with Crippen LogP contribution in [0.25, 0.3) is 0 Å². The van der Waals surface area contributed by atoms with E-state index in [0.29, 0.717) is 29.3 Å². The first-order chi connectivity index (χ1) is 21.7. The van der Waals surface area contributed by atoms with Gasteiger partial charge in [0.15, 0.2) is 28.2 Å². The number of likely N-dealkylation sites (N-methyl/N-ethyl adjacent to an activating group) is 1. The SMILES string of the molecule is C=CC(=O)Nc1cc(N2CCN(CC)CC2)ccc1Nc1ncc2c(n1)N(CC)C(=S)N(c1c(F)c(OC)cc(OC)c1F)C2. The van der Waals surface area contributed by atoms with Gasteiger partial charge in [-0.2, -0.15) is 4.98 Å². The summed E-state index contributed by atoms with van der Waals surface area (Å²) < 4.78 is 41.1. The predicted molar refractivity (Wildman–Crippen MR) is 176 cm³/mol. The molecule has 5 rings (SSSR count). The minimum atomic E-state index is -0.901. The van der Waals surface area contributed by atoms with Gasteiger partial charge in [0.05, 0.1) is 32.1 Å². The minimum Gasteiger partial charge on any atom is -0.493 e. The van der Waals surface area contributed by atoms with Gasteiger partial charge in [-0.1, -0.05) is 13.5 Å². The molecular formula is C31H36F2N8O3S. The maximum atomic E-state index is 15.4. The average molecular weight is 639 g/mol. The van der Waals surface area contributed by atoms with Crippen LogP contribution in [0.3, 0.4) is 0 Å². The van der Waals surface area contributed by atoms with Crippen LogP contribution in [0.4, 0.5) is 43.3 Å². The first-order valence-electron chi connectivity index (χ1n) is 14.6. The van der Waals surface area contributed by atoms with Crippen molar-refractivity contribution in [2.45, 2.75) is 20.4 Å². The molecule has 2 aliphatic rings. The number of fused-ring (bicyclic) bond motifs is 1. The molecule has 1 saturated heterocycles. The Morgan fingerprint density at radius 3 is 2.33 bits per heavy atom. The molecule has 45 heavy (non-hydrogen) atoms. The number of nitrogens with one attached hydrogen (secondary N) is 2. The highest BCUT2D eigenvalue weighted by atomic mass is 32.1. The molecular weight excluding hydrogens is 602 g/mol. The monoisotopic (exact) mass is 638 g/mol. The largest absolute Gasteiger partial charge is 0.493 e. The number of halogens is 2. The lowest BCUT2D eigenvalue weighted by atomic mass is 10.1. The highest BCUT2D eigenvalue weighted by Crippen LogP contribution is 2.41. The molecule has 1 fully saturated rings. The Balaban J connectivity index is 1.46. The van der Waals surface area contributed by atoms with E-state index >= 15 is 8.78 Å². The number of aromatic nitrogens is 2. The van der Waals surface area contributed by atoms with Crippen molar-refractivity contribution in [3.05, 3.63) is 60.3 Å². The van der Waals surface area contributed by atoms with Crippen molar-refractivity contribution in [3.8, 4) is 11.5 Å². The van der Waals surface area contributed by atoms with Crippen LogP contribution in [0.2, 0.25) is 0 Å². The molecule has 14 heteroatoms. The van der Waals surface area contributed by atoms with E-state index in [4.69, 9.17) is 26.7 Å². The third-order valence-corrected chi connectivity index (χ3v) is 8.34. The second-order valence-electron chi connectivity index (χ2n) is 10.4. The number of methoxy groups -OCH3 is 2. The highest BCUT2D eigenvalue weighted by molar-refractivity contribution is 7.80. The topological polar surface area (TPSA) is 98.3 Å². The van der Waals surface area contributed by atoms with Crippen molar-refractivity contribution in [1.82, 2.24) is 14.9 Å². The molecule has 0 spiro atoms. The van der Waals surface area contributed by atoms with Gasteiger partial charge in [-0.25, -0.2) is 13.8 Å². The van der Waals surface area contributed by atoms with E-state index in [-0.39, 0.29) is 40.7 Å². The molecule has 2 N–H and O–H groups in total.